The summed E-state index contributed by atoms with van der Waals surface area (Å²) in [6.45, 7) is 2.06. The van der Waals surface area contributed by atoms with Gasteiger partial charge in [0.1, 0.15) is 0 Å². The fourth-order valence-electron chi connectivity index (χ4n) is 2.62. The second-order valence-corrected chi connectivity index (χ2v) is 6.51. The van der Waals surface area contributed by atoms with Crippen molar-refractivity contribution in [3.8, 4) is 17.1 Å². The highest BCUT2D eigenvalue weighted by atomic mass is 32.2. The number of thioether (sulfide) groups is 1. The van der Waals surface area contributed by atoms with Crippen LogP contribution in [0.4, 0.5) is 5.69 Å². The van der Waals surface area contributed by atoms with E-state index in [1.54, 1.807) is 11.8 Å². The van der Waals surface area contributed by atoms with Crippen LogP contribution in [-0.4, -0.2) is 20.9 Å². The number of hydrogen-bond donors (Lipinski definition) is 1. The van der Waals surface area contributed by atoms with E-state index in [0.717, 1.165) is 22.6 Å². The van der Waals surface area contributed by atoms with Crippen LogP contribution in [0.3, 0.4) is 0 Å². The maximum Gasteiger partial charge on any atom is 0.247 e. The van der Waals surface area contributed by atoms with Gasteiger partial charge in [-0.05, 0) is 11.8 Å². The summed E-state index contributed by atoms with van der Waals surface area (Å²) in [5.74, 6) is 1.39. The standard InChI is InChI=1S/C18H16N4OS/c1-2-24-18-20-17-15(21-22-18)13-10-6-7-11-14(13)19-16(23-17)12-8-4-3-5-9-12/h3-11,16,19H,2H2,1H3. The first-order chi connectivity index (χ1) is 11.8. The molecule has 2 heterocycles. The molecule has 1 aliphatic rings. The number of benzene rings is 2. The molecule has 1 N–H and O–H groups in total. The lowest BCUT2D eigenvalue weighted by Crippen LogP contribution is -2.17. The number of rotatable bonds is 3. The van der Waals surface area contributed by atoms with Crippen LogP contribution in [0.1, 0.15) is 18.7 Å². The first-order valence-electron chi connectivity index (χ1n) is 7.80. The molecule has 0 spiro atoms. The Labute approximate surface area is 144 Å². The third kappa shape index (κ3) is 2.80. The van der Waals surface area contributed by atoms with Gasteiger partial charge in [0, 0.05) is 16.8 Å². The number of ether oxygens (including phenoxy) is 1. The molecule has 2 aromatic carbocycles. The molecule has 0 bridgehead atoms. The molecule has 0 saturated carbocycles. The van der Waals surface area contributed by atoms with Crippen molar-refractivity contribution < 1.29 is 4.74 Å². The molecule has 0 radical (unpaired) electrons. The second-order valence-electron chi connectivity index (χ2n) is 5.28. The quantitative estimate of drug-likeness (QED) is 0.725. The fraction of sp³-hybridized carbons (Fsp3) is 0.167. The maximum absolute atomic E-state index is 6.17. The number of aromatic nitrogens is 3. The molecular weight excluding hydrogens is 320 g/mol. The molecule has 5 nitrogen and oxygen atoms in total. The van der Waals surface area contributed by atoms with Crippen molar-refractivity contribution in [3.05, 3.63) is 60.2 Å². The van der Waals surface area contributed by atoms with Crippen LogP contribution in [-0.2, 0) is 0 Å². The Bertz CT molecular complexity index is 857. The number of hydrogen-bond acceptors (Lipinski definition) is 6. The smallest absolute Gasteiger partial charge is 0.247 e. The van der Waals surface area contributed by atoms with Gasteiger partial charge >= 0.3 is 0 Å². The van der Waals surface area contributed by atoms with E-state index < -0.39 is 0 Å². The highest BCUT2D eigenvalue weighted by Gasteiger charge is 2.25. The van der Waals surface area contributed by atoms with Gasteiger partial charge < -0.3 is 10.1 Å². The van der Waals surface area contributed by atoms with Gasteiger partial charge in [0.05, 0.1) is 0 Å². The highest BCUT2D eigenvalue weighted by Crippen LogP contribution is 2.39. The molecule has 4 rings (SSSR count). The van der Waals surface area contributed by atoms with Crippen LogP contribution in [0.25, 0.3) is 11.3 Å². The van der Waals surface area contributed by atoms with E-state index in [-0.39, 0.29) is 6.23 Å². The summed E-state index contributed by atoms with van der Waals surface area (Å²) >= 11 is 1.55. The first-order valence-corrected chi connectivity index (χ1v) is 8.79. The predicted molar refractivity (Wildman–Crippen MR) is 95.1 cm³/mol. The van der Waals surface area contributed by atoms with Crippen molar-refractivity contribution in [2.45, 2.75) is 18.3 Å². The van der Waals surface area contributed by atoms with E-state index in [1.807, 2.05) is 54.6 Å². The van der Waals surface area contributed by atoms with Crippen LogP contribution < -0.4 is 10.1 Å². The number of nitrogens with one attached hydrogen (secondary N) is 1. The fourth-order valence-corrected chi connectivity index (χ4v) is 3.12. The molecule has 120 valence electrons. The third-order valence-corrected chi connectivity index (χ3v) is 4.43. The molecule has 0 fully saturated rings. The second kappa shape index (κ2) is 6.49. The zero-order valence-electron chi connectivity index (χ0n) is 13.1. The zero-order chi connectivity index (χ0) is 16.4. The zero-order valence-corrected chi connectivity index (χ0v) is 14.0. The molecule has 24 heavy (non-hydrogen) atoms. The molecule has 1 unspecified atom stereocenters. The van der Waals surface area contributed by atoms with Crippen LogP contribution in [0.15, 0.2) is 59.8 Å². The van der Waals surface area contributed by atoms with E-state index in [9.17, 15) is 0 Å². The van der Waals surface area contributed by atoms with Crippen molar-refractivity contribution in [2.75, 3.05) is 11.1 Å². The SMILES string of the molecule is CCSc1nnc2c(n1)OC(c1ccccc1)Nc1ccccc1-2. The molecular formula is C18H16N4OS. The van der Waals surface area contributed by atoms with Crippen LogP contribution >= 0.6 is 11.8 Å². The van der Waals surface area contributed by atoms with Crippen molar-refractivity contribution in [2.24, 2.45) is 0 Å². The molecule has 0 aliphatic carbocycles. The van der Waals surface area contributed by atoms with Gasteiger partial charge in [-0.1, -0.05) is 67.2 Å². The van der Waals surface area contributed by atoms with Crippen LogP contribution in [0.2, 0.25) is 0 Å². The summed E-state index contributed by atoms with van der Waals surface area (Å²) in [4.78, 5) is 4.56. The highest BCUT2D eigenvalue weighted by molar-refractivity contribution is 7.99. The van der Waals surface area contributed by atoms with E-state index in [4.69, 9.17) is 4.74 Å². The average molecular weight is 336 g/mol. The minimum atomic E-state index is -0.329. The minimum Gasteiger partial charge on any atom is -0.448 e. The minimum absolute atomic E-state index is 0.329. The van der Waals surface area contributed by atoms with E-state index in [0.29, 0.717) is 16.7 Å². The molecule has 6 heteroatoms. The predicted octanol–water partition coefficient (Wildman–Crippen LogP) is 4.15. The maximum atomic E-state index is 6.17. The lowest BCUT2D eigenvalue weighted by atomic mass is 10.1. The lowest BCUT2D eigenvalue weighted by molar-refractivity contribution is 0.225. The van der Waals surface area contributed by atoms with Gasteiger partial charge in [-0.2, -0.15) is 4.98 Å². The van der Waals surface area contributed by atoms with E-state index in [1.165, 1.54) is 0 Å². The molecule has 1 aliphatic heterocycles. The Morgan fingerprint density at radius 2 is 1.83 bits per heavy atom. The summed E-state index contributed by atoms with van der Waals surface area (Å²) in [6.07, 6.45) is -0.329. The van der Waals surface area contributed by atoms with Gasteiger partial charge in [-0.3, -0.25) is 0 Å². The van der Waals surface area contributed by atoms with Crippen molar-refractivity contribution >= 4 is 17.4 Å². The van der Waals surface area contributed by atoms with Gasteiger partial charge in [-0.15, -0.1) is 10.2 Å². The largest absolute Gasteiger partial charge is 0.448 e. The average Bonchev–Trinajstić information content (AvgIpc) is 2.79. The van der Waals surface area contributed by atoms with Gasteiger partial charge in [-0.25, -0.2) is 0 Å². The Kier molecular flexibility index (Phi) is 4.04. The molecule has 3 aromatic rings. The summed E-state index contributed by atoms with van der Waals surface area (Å²) < 4.78 is 6.17. The van der Waals surface area contributed by atoms with Gasteiger partial charge in [0.2, 0.25) is 11.0 Å². The normalized spacial score (nSPS) is 15.5. The summed E-state index contributed by atoms with van der Waals surface area (Å²) in [6, 6.07) is 18.0. The Morgan fingerprint density at radius 3 is 2.67 bits per heavy atom. The topological polar surface area (TPSA) is 59.9 Å². The van der Waals surface area contributed by atoms with E-state index >= 15 is 0 Å². The summed E-state index contributed by atoms with van der Waals surface area (Å²) in [7, 11) is 0. The summed E-state index contributed by atoms with van der Waals surface area (Å²) in [5.41, 5.74) is 3.59. The molecule has 0 amide bonds. The third-order valence-electron chi connectivity index (χ3n) is 3.71. The van der Waals surface area contributed by atoms with Crippen LogP contribution in [0, 0.1) is 0 Å². The Morgan fingerprint density at radius 1 is 1.04 bits per heavy atom. The lowest BCUT2D eigenvalue weighted by Gasteiger charge is -2.19. The van der Waals surface area contributed by atoms with E-state index in [2.05, 4.69) is 27.4 Å². The molecule has 0 saturated heterocycles. The van der Waals surface area contributed by atoms with Crippen molar-refractivity contribution in [1.82, 2.24) is 15.2 Å². The Hall–Kier alpha value is -2.60. The number of fused-ring (bicyclic) bond motifs is 3. The van der Waals surface area contributed by atoms with Crippen LogP contribution in [0.5, 0.6) is 5.88 Å². The number of anilines is 1. The van der Waals surface area contributed by atoms with Crippen molar-refractivity contribution in [1.29, 1.82) is 0 Å². The Balaban J connectivity index is 1.84. The van der Waals surface area contributed by atoms with Gasteiger partial charge in [0.15, 0.2) is 11.9 Å². The van der Waals surface area contributed by atoms with Crippen molar-refractivity contribution in [3.63, 3.8) is 0 Å². The molecule has 1 atom stereocenters. The van der Waals surface area contributed by atoms with Gasteiger partial charge in [0.25, 0.3) is 0 Å². The molecule has 1 aromatic heterocycles. The number of nitrogens with zero attached hydrogens (tertiary/aromatic N) is 3. The summed E-state index contributed by atoms with van der Waals surface area (Å²) in [5, 5.41) is 12.6. The number of para-hydroxylation sites is 1. The first kappa shape index (κ1) is 15.0. The monoisotopic (exact) mass is 336 g/mol.